The van der Waals surface area contributed by atoms with Gasteiger partial charge in [-0.2, -0.15) is 0 Å². The third-order valence-electron chi connectivity index (χ3n) is 1.95. The third kappa shape index (κ3) is 7.80. The summed E-state index contributed by atoms with van der Waals surface area (Å²) < 4.78 is 0. The summed E-state index contributed by atoms with van der Waals surface area (Å²) in [4.78, 5) is 0. The lowest BCUT2D eigenvalue weighted by molar-refractivity contribution is 0.164. The van der Waals surface area contributed by atoms with Crippen LogP contribution in [0.2, 0.25) is 0 Å². The number of unbranched alkanes of at least 4 members (excludes halogenated alkanes) is 2. The molecule has 0 aromatic rings. The first-order valence-electron chi connectivity index (χ1n) is 5.14. The Hall–Kier alpha value is -0.300. The first-order chi connectivity index (χ1) is 5.81. The summed E-state index contributed by atoms with van der Waals surface area (Å²) >= 11 is 0. The van der Waals surface area contributed by atoms with Crippen molar-refractivity contribution in [1.82, 2.24) is 0 Å². The van der Waals surface area contributed by atoms with Crippen LogP contribution in [0.15, 0.2) is 12.2 Å². The summed E-state index contributed by atoms with van der Waals surface area (Å²) in [5.74, 6) is 0. The predicted octanol–water partition coefficient (Wildman–Crippen LogP) is 3.28. The lowest BCUT2D eigenvalue weighted by atomic mass is 10.1. The van der Waals surface area contributed by atoms with Gasteiger partial charge in [-0.05, 0) is 19.3 Å². The van der Waals surface area contributed by atoms with Crippen molar-refractivity contribution in [2.75, 3.05) is 0 Å². The molecular weight excluding hydrogens is 148 g/mol. The van der Waals surface area contributed by atoms with Gasteiger partial charge in [0.05, 0.1) is 6.10 Å². The molecule has 12 heavy (non-hydrogen) atoms. The highest BCUT2D eigenvalue weighted by atomic mass is 16.3. The van der Waals surface area contributed by atoms with E-state index in [0.29, 0.717) is 0 Å². The zero-order chi connectivity index (χ0) is 9.23. The van der Waals surface area contributed by atoms with Crippen molar-refractivity contribution in [1.29, 1.82) is 0 Å². The van der Waals surface area contributed by atoms with Crippen LogP contribution >= 0.6 is 0 Å². The molecule has 0 saturated heterocycles. The monoisotopic (exact) mass is 170 g/mol. The molecule has 0 heterocycles. The van der Waals surface area contributed by atoms with E-state index < -0.39 is 0 Å². The Bertz CT molecular complexity index is 108. The Morgan fingerprint density at radius 2 is 1.92 bits per heavy atom. The molecule has 0 amide bonds. The minimum absolute atomic E-state index is 0.112. The Kier molecular flexibility index (Phi) is 8.57. The quantitative estimate of drug-likeness (QED) is 0.459. The molecule has 1 heteroatoms. The van der Waals surface area contributed by atoms with Gasteiger partial charge < -0.3 is 5.11 Å². The number of aliphatic hydroxyl groups is 1. The highest BCUT2D eigenvalue weighted by Gasteiger charge is 1.99. The van der Waals surface area contributed by atoms with Crippen LogP contribution in [0.5, 0.6) is 0 Å². The average molecular weight is 170 g/mol. The highest BCUT2D eigenvalue weighted by molar-refractivity contribution is 4.82. The second kappa shape index (κ2) is 8.79. The average Bonchev–Trinajstić information content (AvgIpc) is 2.06. The molecule has 1 unspecified atom stereocenters. The van der Waals surface area contributed by atoms with Crippen molar-refractivity contribution < 1.29 is 5.11 Å². The van der Waals surface area contributed by atoms with Crippen molar-refractivity contribution in [2.24, 2.45) is 0 Å². The number of aliphatic hydroxyl groups excluding tert-OH is 1. The molecule has 0 aliphatic rings. The zero-order valence-corrected chi connectivity index (χ0v) is 8.42. The van der Waals surface area contributed by atoms with Crippen LogP contribution in [0.25, 0.3) is 0 Å². The summed E-state index contributed by atoms with van der Waals surface area (Å²) in [6.45, 7) is 4.29. The molecule has 0 saturated carbocycles. The predicted molar refractivity (Wildman–Crippen MR) is 54.2 cm³/mol. The number of hydrogen-bond donors (Lipinski definition) is 1. The van der Waals surface area contributed by atoms with Gasteiger partial charge in [-0.1, -0.05) is 45.3 Å². The van der Waals surface area contributed by atoms with Gasteiger partial charge in [0.15, 0.2) is 0 Å². The second-order valence-electron chi connectivity index (χ2n) is 3.26. The number of allylic oxidation sites excluding steroid dienone is 1. The molecule has 0 fully saturated rings. The smallest absolute Gasteiger partial charge is 0.0574 e. The van der Waals surface area contributed by atoms with Gasteiger partial charge in [-0.15, -0.1) is 0 Å². The minimum atomic E-state index is -0.112. The summed E-state index contributed by atoms with van der Waals surface area (Å²) in [6, 6.07) is 0. The van der Waals surface area contributed by atoms with Crippen LogP contribution in [-0.2, 0) is 0 Å². The molecule has 1 N–H and O–H groups in total. The largest absolute Gasteiger partial charge is 0.393 e. The van der Waals surface area contributed by atoms with Crippen molar-refractivity contribution in [3.63, 3.8) is 0 Å². The van der Waals surface area contributed by atoms with E-state index in [9.17, 15) is 5.11 Å². The van der Waals surface area contributed by atoms with Gasteiger partial charge in [0.1, 0.15) is 0 Å². The maximum absolute atomic E-state index is 9.45. The first kappa shape index (κ1) is 11.7. The van der Waals surface area contributed by atoms with Crippen molar-refractivity contribution in [3.05, 3.63) is 12.2 Å². The molecule has 0 spiro atoms. The van der Waals surface area contributed by atoms with Crippen LogP contribution in [0.1, 0.15) is 52.4 Å². The van der Waals surface area contributed by atoms with Crippen molar-refractivity contribution in [2.45, 2.75) is 58.5 Å². The fraction of sp³-hybridized carbons (Fsp3) is 0.818. The van der Waals surface area contributed by atoms with Crippen LogP contribution in [0.3, 0.4) is 0 Å². The SMILES string of the molecule is CCC=CCC(O)CCCCC. The standard InChI is InChI=1S/C11H22O/c1-3-5-7-9-11(12)10-8-6-4-2/h5,7,11-12H,3-4,6,8-10H2,1-2H3. The highest BCUT2D eigenvalue weighted by Crippen LogP contribution is 2.06. The molecule has 72 valence electrons. The Labute approximate surface area is 76.5 Å². The van der Waals surface area contributed by atoms with Crippen LogP contribution in [0, 0.1) is 0 Å². The third-order valence-corrected chi connectivity index (χ3v) is 1.95. The van der Waals surface area contributed by atoms with E-state index in [1.54, 1.807) is 0 Å². The lowest BCUT2D eigenvalue weighted by Gasteiger charge is -2.06. The van der Waals surface area contributed by atoms with E-state index >= 15 is 0 Å². The Balaban J connectivity index is 3.21. The van der Waals surface area contributed by atoms with Gasteiger partial charge in [-0.25, -0.2) is 0 Å². The van der Waals surface area contributed by atoms with Gasteiger partial charge in [-0.3, -0.25) is 0 Å². The Morgan fingerprint density at radius 3 is 2.50 bits per heavy atom. The summed E-state index contributed by atoms with van der Waals surface area (Å²) in [5.41, 5.74) is 0. The van der Waals surface area contributed by atoms with E-state index in [4.69, 9.17) is 0 Å². The second-order valence-corrected chi connectivity index (χ2v) is 3.26. The van der Waals surface area contributed by atoms with Crippen molar-refractivity contribution in [3.8, 4) is 0 Å². The van der Waals surface area contributed by atoms with E-state index in [1.165, 1.54) is 12.8 Å². The summed E-state index contributed by atoms with van der Waals surface area (Å²) in [6.07, 6.45) is 10.6. The molecule has 0 bridgehead atoms. The molecule has 0 aliphatic heterocycles. The van der Waals surface area contributed by atoms with Crippen LogP contribution in [-0.4, -0.2) is 11.2 Å². The van der Waals surface area contributed by atoms with Gasteiger partial charge in [0, 0.05) is 0 Å². The number of hydrogen-bond acceptors (Lipinski definition) is 1. The molecule has 0 aliphatic carbocycles. The fourth-order valence-electron chi connectivity index (χ4n) is 1.17. The molecule has 0 rings (SSSR count). The fourth-order valence-corrected chi connectivity index (χ4v) is 1.17. The zero-order valence-electron chi connectivity index (χ0n) is 8.42. The van der Waals surface area contributed by atoms with E-state index in [0.717, 1.165) is 25.7 Å². The maximum Gasteiger partial charge on any atom is 0.0574 e. The number of rotatable bonds is 7. The summed E-state index contributed by atoms with van der Waals surface area (Å²) in [5, 5.41) is 9.45. The van der Waals surface area contributed by atoms with Crippen molar-refractivity contribution >= 4 is 0 Å². The van der Waals surface area contributed by atoms with Crippen LogP contribution < -0.4 is 0 Å². The molecule has 1 atom stereocenters. The van der Waals surface area contributed by atoms with E-state index in [-0.39, 0.29) is 6.10 Å². The molecule has 0 radical (unpaired) electrons. The molecular formula is C11H22O. The lowest BCUT2D eigenvalue weighted by Crippen LogP contribution is -2.03. The van der Waals surface area contributed by atoms with E-state index in [2.05, 4.69) is 26.0 Å². The maximum atomic E-state index is 9.45. The topological polar surface area (TPSA) is 20.2 Å². The Morgan fingerprint density at radius 1 is 1.17 bits per heavy atom. The summed E-state index contributed by atoms with van der Waals surface area (Å²) in [7, 11) is 0. The van der Waals surface area contributed by atoms with Gasteiger partial charge in [0.25, 0.3) is 0 Å². The normalized spacial score (nSPS) is 13.9. The van der Waals surface area contributed by atoms with Gasteiger partial charge >= 0.3 is 0 Å². The molecule has 0 aromatic carbocycles. The van der Waals surface area contributed by atoms with Gasteiger partial charge in [0.2, 0.25) is 0 Å². The van der Waals surface area contributed by atoms with E-state index in [1.807, 2.05) is 0 Å². The first-order valence-corrected chi connectivity index (χ1v) is 5.14. The molecule has 1 nitrogen and oxygen atoms in total. The molecule has 0 aromatic heterocycles. The van der Waals surface area contributed by atoms with Crippen LogP contribution in [0.4, 0.5) is 0 Å². The minimum Gasteiger partial charge on any atom is -0.393 e.